The molecule has 72 heavy (non-hydrogen) atoms. The number of halogens is 4. The van der Waals surface area contributed by atoms with Crippen molar-refractivity contribution in [1.82, 2.24) is 9.13 Å². The molecule has 2 aliphatic rings. The number of hydrogen-bond donors (Lipinski definition) is 0. The summed E-state index contributed by atoms with van der Waals surface area (Å²) in [6, 6.07) is 51.5. The molecule has 0 unspecified atom stereocenters. The summed E-state index contributed by atoms with van der Waals surface area (Å²) in [6.07, 6.45) is 5.34. The lowest BCUT2D eigenvalue weighted by Crippen LogP contribution is -2.41. The zero-order valence-electron chi connectivity index (χ0n) is 42.5. The molecule has 2 fully saturated rings. The van der Waals surface area contributed by atoms with Gasteiger partial charge >= 0.3 is 14.2 Å². The molecule has 6 nitrogen and oxygen atoms in total. The number of benzene rings is 7. The Bertz CT molecular complexity index is 3270. The minimum atomic E-state index is -0.424. The molecule has 0 saturated carbocycles. The highest BCUT2D eigenvalue weighted by atomic mass is 79.9. The number of unbranched alkanes of at least 4 members (excludes halogenated alkanes) is 1. The van der Waals surface area contributed by atoms with Crippen LogP contribution >= 0.6 is 63.7 Å². The van der Waals surface area contributed by atoms with Crippen LogP contribution in [0.3, 0.4) is 0 Å². The second kappa shape index (κ2) is 20.8. The van der Waals surface area contributed by atoms with Crippen LogP contribution < -0.4 is 10.9 Å². The maximum Gasteiger partial charge on any atom is 0.494 e. The Hall–Kier alpha value is -4.23. The fourth-order valence-corrected chi connectivity index (χ4v) is 10.7. The van der Waals surface area contributed by atoms with Crippen LogP contribution in [0.4, 0.5) is 0 Å². The zero-order valence-corrected chi connectivity index (χ0v) is 48.8. The Labute approximate surface area is 459 Å². The van der Waals surface area contributed by atoms with Crippen molar-refractivity contribution in [3.05, 3.63) is 181 Å². The summed E-state index contributed by atoms with van der Waals surface area (Å²) in [4.78, 5) is 0. The van der Waals surface area contributed by atoms with E-state index in [0.717, 1.165) is 74.0 Å². The van der Waals surface area contributed by atoms with Crippen molar-refractivity contribution in [3.8, 4) is 11.4 Å². The van der Waals surface area contributed by atoms with Crippen LogP contribution in [-0.4, -0.2) is 45.8 Å². The summed E-state index contributed by atoms with van der Waals surface area (Å²) >= 11 is 14.0. The minimum absolute atomic E-state index is 0.399. The van der Waals surface area contributed by atoms with E-state index in [1.54, 1.807) is 0 Å². The van der Waals surface area contributed by atoms with Gasteiger partial charge < -0.3 is 27.8 Å². The van der Waals surface area contributed by atoms with E-state index in [1.165, 1.54) is 40.2 Å². The van der Waals surface area contributed by atoms with E-state index >= 15 is 0 Å². The first-order valence-electron chi connectivity index (χ1n) is 24.6. The van der Waals surface area contributed by atoms with Crippen molar-refractivity contribution in [3.63, 3.8) is 0 Å². The molecule has 9 aromatic rings. The predicted octanol–water partition coefficient (Wildman–Crippen LogP) is 16.9. The molecule has 0 bridgehead atoms. The third kappa shape index (κ3) is 10.5. The van der Waals surface area contributed by atoms with Gasteiger partial charge in [-0.25, -0.2) is 0 Å². The zero-order chi connectivity index (χ0) is 51.3. The van der Waals surface area contributed by atoms with Crippen LogP contribution in [0.5, 0.6) is 0 Å². The smallest absolute Gasteiger partial charge is 0.399 e. The highest BCUT2D eigenvalue weighted by Crippen LogP contribution is 2.40. The van der Waals surface area contributed by atoms with Gasteiger partial charge in [0.05, 0.1) is 44.5 Å². The lowest BCUT2D eigenvalue weighted by molar-refractivity contribution is 0.00578. The molecule has 0 spiro atoms. The van der Waals surface area contributed by atoms with Crippen LogP contribution in [-0.2, 0) is 25.0 Å². The molecular weight excluding hydrogens is 1150 g/mol. The van der Waals surface area contributed by atoms with Crippen molar-refractivity contribution < 1.29 is 18.6 Å². The number of rotatable bonds is 8. The number of fused-ring (bicyclic) bond motifs is 6. The standard InChI is InChI=1S/C34H43B2NO4.C18H10Br3N.C8H7Br/c1-10-11-12-23-13-17-26(18-14-23)37-29-19-15-24(35-38-31(2,3)32(4,5)39-35)21-27(29)28-22-25(16-20-30(28)37)36-40-33(6,7)34(8,9)41-36;19-11-1-5-14(6-2-11)22-17-7-3-12(20)9-15(17)16-10-13(21)4-8-18(16)22;1-2-7-4-3-5-8(9)6-7/h13-22H,10-12H2,1-9H3;1-10H;2-6H,1H2. The predicted molar refractivity (Wildman–Crippen MR) is 319 cm³/mol. The monoisotopic (exact) mass is 1210 g/mol. The summed E-state index contributed by atoms with van der Waals surface area (Å²) in [5.74, 6) is 0. The number of aryl methyl sites for hydroxylation is 1. The second-order valence-corrected chi connectivity index (χ2v) is 24.4. The van der Waals surface area contributed by atoms with E-state index in [0.29, 0.717) is 0 Å². The molecule has 368 valence electrons. The molecule has 0 N–H and O–H groups in total. The van der Waals surface area contributed by atoms with Crippen LogP contribution in [0.1, 0.15) is 86.3 Å². The molecule has 2 aliphatic heterocycles. The highest BCUT2D eigenvalue weighted by Gasteiger charge is 2.53. The van der Waals surface area contributed by atoms with Gasteiger partial charge in [0.2, 0.25) is 0 Å². The lowest BCUT2D eigenvalue weighted by Gasteiger charge is -2.32. The van der Waals surface area contributed by atoms with Crippen molar-refractivity contribution in [2.75, 3.05) is 0 Å². The SMILES string of the molecule is Brc1ccc(-n2c3ccc(Br)cc3c3cc(Br)ccc32)cc1.C=Cc1cccc(Br)c1.CCCCc1ccc(-n2c3ccc(B4OC(C)(C)C(C)(C)O4)cc3c3cc(B4OC(C)(C)C(C)(C)O4)ccc32)cc1. The number of hydrogen-bond acceptors (Lipinski definition) is 4. The lowest BCUT2D eigenvalue weighted by atomic mass is 9.77. The molecule has 7 aromatic carbocycles. The molecular formula is C60H60B2Br4N2O4. The fourth-order valence-electron chi connectivity index (χ4n) is 9.25. The molecule has 12 heteroatoms. The van der Waals surface area contributed by atoms with E-state index in [2.05, 4.69) is 263 Å². The third-order valence-corrected chi connectivity index (χ3v) is 16.7. The summed E-state index contributed by atoms with van der Waals surface area (Å²) < 4.78 is 34.7. The summed E-state index contributed by atoms with van der Waals surface area (Å²) in [6.45, 7) is 22.7. The van der Waals surface area contributed by atoms with E-state index in [-0.39, 0.29) is 0 Å². The van der Waals surface area contributed by atoms with E-state index in [9.17, 15) is 0 Å². The van der Waals surface area contributed by atoms with Crippen molar-refractivity contribution in [2.24, 2.45) is 0 Å². The minimum Gasteiger partial charge on any atom is -0.399 e. The van der Waals surface area contributed by atoms with Crippen LogP contribution in [0.25, 0.3) is 61.1 Å². The number of aromatic nitrogens is 2. The van der Waals surface area contributed by atoms with Gasteiger partial charge in [-0.3, -0.25) is 0 Å². The molecule has 0 aliphatic carbocycles. The molecule has 11 rings (SSSR count). The molecule has 2 aromatic heterocycles. The Kier molecular flexibility index (Phi) is 15.2. The van der Waals surface area contributed by atoms with Gasteiger partial charge in [0.1, 0.15) is 0 Å². The van der Waals surface area contributed by atoms with Gasteiger partial charge in [0.25, 0.3) is 0 Å². The van der Waals surface area contributed by atoms with Crippen molar-refractivity contribution in [2.45, 2.75) is 104 Å². The maximum atomic E-state index is 6.43. The summed E-state index contributed by atoms with van der Waals surface area (Å²) in [5.41, 5.74) is 9.98. The van der Waals surface area contributed by atoms with Gasteiger partial charge in [-0.1, -0.05) is 138 Å². The first-order chi connectivity index (χ1) is 34.2. The number of nitrogens with zero attached hydrogens (tertiary/aromatic N) is 2. The van der Waals surface area contributed by atoms with E-state index in [1.807, 2.05) is 30.3 Å². The maximum absolute atomic E-state index is 6.43. The fraction of sp³-hybridized carbons (Fsp3) is 0.267. The average molecular weight is 1210 g/mol. The second-order valence-electron chi connectivity index (χ2n) is 20.7. The molecule has 2 saturated heterocycles. The largest absolute Gasteiger partial charge is 0.494 e. The molecule has 0 amide bonds. The first kappa shape index (κ1) is 52.6. The topological polar surface area (TPSA) is 46.8 Å². The Morgan fingerprint density at radius 2 is 0.833 bits per heavy atom. The van der Waals surface area contributed by atoms with Crippen LogP contribution in [0, 0.1) is 0 Å². The van der Waals surface area contributed by atoms with Gasteiger partial charge in [0, 0.05) is 50.8 Å². The average Bonchev–Trinajstić information content (AvgIpc) is 3.99. The van der Waals surface area contributed by atoms with Crippen molar-refractivity contribution in [1.29, 1.82) is 0 Å². The quantitative estimate of drug-likeness (QED) is 0.142. The Morgan fingerprint density at radius 3 is 1.22 bits per heavy atom. The molecule has 4 heterocycles. The van der Waals surface area contributed by atoms with Gasteiger partial charge in [0.15, 0.2) is 0 Å². The van der Waals surface area contributed by atoms with Gasteiger partial charge in [-0.15, -0.1) is 0 Å². The Balaban J connectivity index is 0.000000170. The Morgan fingerprint density at radius 1 is 0.458 bits per heavy atom. The van der Waals surface area contributed by atoms with Crippen LogP contribution in [0.15, 0.2) is 170 Å². The third-order valence-electron chi connectivity index (χ3n) is 14.7. The van der Waals surface area contributed by atoms with Gasteiger partial charge in [-0.05, 0) is 187 Å². The molecule has 0 atom stereocenters. The molecule has 0 radical (unpaired) electrons. The summed E-state index contributed by atoms with van der Waals surface area (Å²) in [5, 5.41) is 4.79. The normalized spacial score (nSPS) is 16.5. The highest BCUT2D eigenvalue weighted by molar-refractivity contribution is 9.11. The van der Waals surface area contributed by atoms with E-state index < -0.39 is 36.6 Å². The van der Waals surface area contributed by atoms with E-state index in [4.69, 9.17) is 18.6 Å². The van der Waals surface area contributed by atoms with Crippen LogP contribution in [0.2, 0.25) is 0 Å². The first-order valence-corrected chi connectivity index (χ1v) is 27.8. The van der Waals surface area contributed by atoms with Crippen molar-refractivity contribution >= 4 is 139 Å². The van der Waals surface area contributed by atoms with Gasteiger partial charge in [-0.2, -0.15) is 0 Å². The summed E-state index contributed by atoms with van der Waals surface area (Å²) in [7, 11) is -0.848.